The number of unbranched alkanes of at least 4 members (excludes halogenated alkanes) is 1. The predicted molar refractivity (Wildman–Crippen MR) is 141 cm³/mol. The van der Waals surface area contributed by atoms with E-state index < -0.39 is 0 Å². The van der Waals surface area contributed by atoms with Crippen LogP contribution in [0.25, 0.3) is 11.0 Å². The molecule has 1 fully saturated rings. The highest BCUT2D eigenvalue weighted by atomic mass is 79.9. The second kappa shape index (κ2) is 10.5. The Balaban J connectivity index is 1.29. The number of carbonyl (C=O) groups excluding carboxylic acids is 1. The third kappa shape index (κ3) is 5.05. The minimum Gasteiger partial charge on any atom is -0.493 e. The number of methoxy groups -OCH3 is 1. The summed E-state index contributed by atoms with van der Waals surface area (Å²) < 4.78 is 14.6. The lowest BCUT2D eigenvalue weighted by molar-refractivity contribution is -0.117. The van der Waals surface area contributed by atoms with Gasteiger partial charge in [-0.15, -0.1) is 0 Å². The Hall–Kier alpha value is -3.32. The number of aromatic nitrogens is 2. The number of amides is 1. The fraction of sp³-hybridized carbons (Fsp3) is 0.286. The van der Waals surface area contributed by atoms with Crippen molar-refractivity contribution in [2.24, 2.45) is 0 Å². The summed E-state index contributed by atoms with van der Waals surface area (Å²) >= 11 is 3.52. The number of hydrogen-bond donors (Lipinski definition) is 0. The van der Waals surface area contributed by atoms with E-state index in [2.05, 4.69) is 26.6 Å². The van der Waals surface area contributed by atoms with Crippen molar-refractivity contribution in [3.8, 4) is 11.5 Å². The Kier molecular flexibility index (Phi) is 7.04. The largest absolute Gasteiger partial charge is 0.493 e. The molecule has 0 radical (unpaired) electrons. The van der Waals surface area contributed by atoms with Crippen molar-refractivity contribution in [2.45, 2.75) is 31.7 Å². The molecule has 7 heteroatoms. The fourth-order valence-corrected chi connectivity index (χ4v) is 5.09. The van der Waals surface area contributed by atoms with Gasteiger partial charge in [-0.3, -0.25) is 4.79 Å². The van der Waals surface area contributed by atoms with Gasteiger partial charge in [0.05, 0.1) is 24.8 Å². The molecule has 1 aromatic heterocycles. The number of aryl methyl sites for hydroxylation is 1. The van der Waals surface area contributed by atoms with Gasteiger partial charge >= 0.3 is 0 Å². The minimum absolute atomic E-state index is 0.0544. The molecule has 1 unspecified atom stereocenters. The van der Waals surface area contributed by atoms with Crippen LogP contribution < -0.4 is 14.4 Å². The molecule has 2 heterocycles. The minimum atomic E-state index is 0.0544. The summed E-state index contributed by atoms with van der Waals surface area (Å²) in [5, 5.41) is 0. The van der Waals surface area contributed by atoms with Crippen LogP contribution in [0.5, 0.6) is 11.5 Å². The highest BCUT2D eigenvalue weighted by Gasteiger charge is 2.34. The molecule has 0 N–H and O–H groups in total. The van der Waals surface area contributed by atoms with Gasteiger partial charge in [0.25, 0.3) is 0 Å². The molecule has 35 heavy (non-hydrogen) atoms. The highest BCUT2D eigenvalue weighted by Crippen LogP contribution is 2.34. The first-order valence-electron chi connectivity index (χ1n) is 11.9. The van der Waals surface area contributed by atoms with Gasteiger partial charge in [0.1, 0.15) is 5.82 Å². The van der Waals surface area contributed by atoms with E-state index in [1.165, 1.54) is 0 Å². The zero-order valence-electron chi connectivity index (χ0n) is 19.7. The number of anilines is 1. The van der Waals surface area contributed by atoms with E-state index >= 15 is 0 Å². The third-order valence-electron chi connectivity index (χ3n) is 6.40. The lowest BCUT2D eigenvalue weighted by Gasteiger charge is -2.18. The van der Waals surface area contributed by atoms with E-state index in [0.29, 0.717) is 19.6 Å². The highest BCUT2D eigenvalue weighted by molar-refractivity contribution is 9.10. The van der Waals surface area contributed by atoms with Crippen molar-refractivity contribution in [2.75, 3.05) is 25.2 Å². The van der Waals surface area contributed by atoms with Gasteiger partial charge in [0.2, 0.25) is 5.91 Å². The monoisotopic (exact) mass is 533 g/mol. The van der Waals surface area contributed by atoms with Crippen LogP contribution in [0, 0.1) is 0 Å². The lowest BCUT2D eigenvalue weighted by Crippen LogP contribution is -2.24. The Morgan fingerprint density at radius 2 is 1.80 bits per heavy atom. The van der Waals surface area contributed by atoms with Gasteiger partial charge in [-0.25, -0.2) is 4.98 Å². The summed E-state index contributed by atoms with van der Waals surface area (Å²) in [7, 11) is 1.65. The van der Waals surface area contributed by atoms with E-state index in [9.17, 15) is 4.79 Å². The topological polar surface area (TPSA) is 56.6 Å². The number of carbonyl (C=O) groups is 1. The van der Waals surface area contributed by atoms with Crippen LogP contribution in [-0.2, 0) is 11.3 Å². The zero-order chi connectivity index (χ0) is 24.2. The molecule has 1 aliphatic rings. The van der Waals surface area contributed by atoms with Crippen molar-refractivity contribution in [1.29, 1.82) is 0 Å². The van der Waals surface area contributed by atoms with E-state index in [4.69, 9.17) is 14.5 Å². The molecule has 1 atom stereocenters. The fourth-order valence-electron chi connectivity index (χ4n) is 4.71. The van der Waals surface area contributed by atoms with Gasteiger partial charge in [-0.1, -0.05) is 46.3 Å². The molecule has 3 aromatic carbocycles. The second-order valence-corrected chi connectivity index (χ2v) is 9.62. The summed E-state index contributed by atoms with van der Waals surface area (Å²) in [5.41, 5.74) is 3.01. The Bertz CT molecular complexity index is 1340. The normalized spacial score (nSPS) is 15.7. The summed E-state index contributed by atoms with van der Waals surface area (Å²) in [6.07, 6.45) is 2.31. The molecule has 180 valence electrons. The van der Waals surface area contributed by atoms with Gasteiger partial charge < -0.3 is 18.9 Å². The maximum absolute atomic E-state index is 12.9. The molecule has 1 aliphatic heterocycles. The Labute approximate surface area is 213 Å². The molecule has 0 spiro atoms. The molecular weight excluding hydrogens is 506 g/mol. The molecule has 6 nitrogen and oxygen atoms in total. The van der Waals surface area contributed by atoms with Crippen molar-refractivity contribution < 1.29 is 14.3 Å². The van der Waals surface area contributed by atoms with Crippen LogP contribution in [0.3, 0.4) is 0 Å². The van der Waals surface area contributed by atoms with Crippen molar-refractivity contribution in [3.05, 3.63) is 83.1 Å². The molecule has 0 bridgehead atoms. The van der Waals surface area contributed by atoms with Crippen molar-refractivity contribution in [3.63, 3.8) is 0 Å². The van der Waals surface area contributed by atoms with Crippen LogP contribution in [0.15, 0.2) is 77.3 Å². The number of benzene rings is 3. The standard InChI is InChI=1S/C28H28BrN3O3/c1-34-25-13-4-5-14-26(25)35-16-7-6-15-31-24-12-3-2-11-23(24)30-28(31)20-17-27(33)32(19-20)22-10-8-9-21(29)18-22/h2-5,8-14,18,20H,6-7,15-17,19H2,1H3. The summed E-state index contributed by atoms with van der Waals surface area (Å²) in [6.45, 7) is 2.07. The number of halogens is 1. The average molecular weight is 534 g/mol. The molecular formula is C28H28BrN3O3. The van der Waals surface area contributed by atoms with Gasteiger partial charge in [0.15, 0.2) is 11.5 Å². The van der Waals surface area contributed by atoms with Crippen LogP contribution in [0.1, 0.15) is 31.0 Å². The average Bonchev–Trinajstić information content (AvgIpc) is 3.44. The summed E-state index contributed by atoms with van der Waals surface area (Å²) in [5.74, 6) is 2.69. The number of hydrogen-bond acceptors (Lipinski definition) is 4. The maximum Gasteiger partial charge on any atom is 0.227 e. The Morgan fingerprint density at radius 1 is 1.00 bits per heavy atom. The number of imidazole rings is 1. The Morgan fingerprint density at radius 3 is 2.63 bits per heavy atom. The summed E-state index contributed by atoms with van der Waals surface area (Å²) in [6, 6.07) is 23.8. The van der Waals surface area contributed by atoms with E-state index in [1.54, 1.807) is 7.11 Å². The molecule has 1 amide bonds. The molecule has 0 aliphatic carbocycles. The smallest absolute Gasteiger partial charge is 0.227 e. The van der Waals surface area contributed by atoms with Crippen LogP contribution in [-0.4, -0.2) is 35.7 Å². The first-order chi connectivity index (χ1) is 17.1. The van der Waals surface area contributed by atoms with Gasteiger partial charge in [-0.2, -0.15) is 0 Å². The second-order valence-electron chi connectivity index (χ2n) is 8.70. The van der Waals surface area contributed by atoms with E-state index in [1.807, 2.05) is 71.6 Å². The zero-order valence-corrected chi connectivity index (χ0v) is 21.3. The molecule has 1 saturated heterocycles. The quantitative estimate of drug-likeness (QED) is 0.241. The molecule has 0 saturated carbocycles. The summed E-state index contributed by atoms with van der Waals surface area (Å²) in [4.78, 5) is 19.8. The van der Waals surface area contributed by atoms with Gasteiger partial charge in [-0.05, 0) is 55.3 Å². The van der Waals surface area contributed by atoms with Crippen LogP contribution in [0.4, 0.5) is 5.69 Å². The number of para-hydroxylation sites is 4. The first-order valence-corrected chi connectivity index (χ1v) is 12.7. The lowest BCUT2D eigenvalue weighted by atomic mass is 10.1. The van der Waals surface area contributed by atoms with Crippen molar-refractivity contribution in [1.82, 2.24) is 9.55 Å². The van der Waals surface area contributed by atoms with Gasteiger partial charge in [0, 0.05) is 35.6 Å². The SMILES string of the molecule is COc1ccccc1OCCCCn1c(C2CC(=O)N(c3cccc(Br)c3)C2)nc2ccccc21. The molecule has 4 aromatic rings. The van der Waals surface area contributed by atoms with E-state index in [-0.39, 0.29) is 11.8 Å². The number of fused-ring (bicyclic) bond motifs is 1. The third-order valence-corrected chi connectivity index (χ3v) is 6.89. The van der Waals surface area contributed by atoms with E-state index in [0.717, 1.165) is 57.9 Å². The molecule has 5 rings (SSSR count). The predicted octanol–water partition coefficient (Wildman–Crippen LogP) is 6.19. The van der Waals surface area contributed by atoms with Crippen LogP contribution >= 0.6 is 15.9 Å². The maximum atomic E-state index is 12.9. The van der Waals surface area contributed by atoms with Crippen LogP contribution in [0.2, 0.25) is 0 Å². The number of ether oxygens (including phenoxy) is 2. The number of nitrogens with zero attached hydrogens (tertiary/aromatic N) is 3. The first kappa shape index (κ1) is 23.4. The van der Waals surface area contributed by atoms with Crippen molar-refractivity contribution >= 4 is 38.6 Å². The number of rotatable bonds is 9.